The predicted molar refractivity (Wildman–Crippen MR) is 133 cm³/mol. The Balaban J connectivity index is 1.92. The number of hydrogen-bond acceptors (Lipinski definition) is 6. The van der Waals surface area contributed by atoms with Crippen LogP contribution in [0, 0.1) is 11.8 Å². The zero-order chi connectivity index (χ0) is 28.0. The van der Waals surface area contributed by atoms with E-state index in [-0.39, 0.29) is 65.9 Å². The zero-order valence-electron chi connectivity index (χ0n) is 22.2. The summed E-state index contributed by atoms with van der Waals surface area (Å²) in [4.78, 5) is 41.9. The smallest absolute Gasteiger partial charge is 0.397 e. The van der Waals surface area contributed by atoms with Crippen molar-refractivity contribution in [1.82, 2.24) is 9.80 Å². The number of anilines is 1. The summed E-state index contributed by atoms with van der Waals surface area (Å²) in [5, 5.41) is 2.20. The van der Waals surface area contributed by atoms with E-state index in [2.05, 4.69) is 5.32 Å². The number of rotatable bonds is 4. The molecule has 1 aromatic rings. The molecule has 0 spiro atoms. The molecule has 1 saturated heterocycles. The molecule has 3 atom stereocenters. The van der Waals surface area contributed by atoms with Gasteiger partial charge in [0.2, 0.25) is 11.8 Å². The first-order valence-electron chi connectivity index (χ1n) is 12.7. The molecule has 1 fully saturated rings. The average Bonchev–Trinajstić information content (AvgIpc) is 2.86. The molecule has 0 unspecified atom stereocenters. The number of likely N-dealkylation sites (N-methyl/N-ethyl adjacent to an activating group) is 1. The summed E-state index contributed by atoms with van der Waals surface area (Å²) in [6.07, 6.45) is -5.38. The summed E-state index contributed by atoms with van der Waals surface area (Å²) in [6.45, 7) is 5.53. The van der Waals surface area contributed by atoms with E-state index in [9.17, 15) is 27.6 Å². The maximum Gasteiger partial charge on any atom is 0.397 e. The van der Waals surface area contributed by atoms with Crippen LogP contribution in [0.3, 0.4) is 0 Å². The number of ether oxygens (including phenoxy) is 3. The van der Waals surface area contributed by atoms with Gasteiger partial charge in [0.25, 0.3) is 5.91 Å². The van der Waals surface area contributed by atoms with Crippen molar-refractivity contribution in [2.24, 2.45) is 11.8 Å². The second kappa shape index (κ2) is 12.8. The number of carbonyl (C=O) groups is 3. The van der Waals surface area contributed by atoms with E-state index in [0.717, 1.165) is 0 Å². The van der Waals surface area contributed by atoms with Crippen LogP contribution in [0.25, 0.3) is 0 Å². The van der Waals surface area contributed by atoms with Crippen LogP contribution in [0.4, 0.5) is 18.9 Å². The van der Waals surface area contributed by atoms with Gasteiger partial charge in [-0.2, -0.15) is 13.2 Å². The van der Waals surface area contributed by atoms with Crippen molar-refractivity contribution in [2.45, 2.75) is 51.4 Å². The summed E-state index contributed by atoms with van der Waals surface area (Å²) in [5.41, 5.74) is 0.241. The zero-order valence-corrected chi connectivity index (χ0v) is 22.2. The van der Waals surface area contributed by atoms with Gasteiger partial charge >= 0.3 is 6.18 Å². The lowest BCUT2D eigenvalue weighted by atomic mass is 9.95. The van der Waals surface area contributed by atoms with Gasteiger partial charge in [0.15, 0.2) is 0 Å². The van der Waals surface area contributed by atoms with Crippen molar-refractivity contribution < 1.29 is 41.8 Å². The summed E-state index contributed by atoms with van der Waals surface area (Å²) < 4.78 is 55.0. The van der Waals surface area contributed by atoms with E-state index in [1.54, 1.807) is 19.1 Å². The number of halogens is 3. The van der Waals surface area contributed by atoms with Crippen LogP contribution >= 0.6 is 0 Å². The molecule has 0 aromatic heterocycles. The highest BCUT2D eigenvalue weighted by molar-refractivity contribution is 5.98. The van der Waals surface area contributed by atoms with Crippen LogP contribution in [-0.4, -0.2) is 92.9 Å². The summed E-state index contributed by atoms with van der Waals surface area (Å²) in [6, 6.07) is 3.71. The highest BCUT2D eigenvalue weighted by atomic mass is 19.4. The predicted octanol–water partition coefficient (Wildman–Crippen LogP) is 3.34. The molecule has 0 bridgehead atoms. The van der Waals surface area contributed by atoms with E-state index in [4.69, 9.17) is 14.2 Å². The first kappa shape index (κ1) is 29.7. The van der Waals surface area contributed by atoms with Gasteiger partial charge in [0.05, 0.1) is 17.7 Å². The van der Waals surface area contributed by atoms with Crippen LogP contribution < -0.4 is 10.1 Å². The molecule has 2 aliphatic rings. The molecule has 12 heteroatoms. The summed E-state index contributed by atoms with van der Waals surface area (Å²) in [5.74, 6) is -1.76. The fourth-order valence-corrected chi connectivity index (χ4v) is 4.72. The topological polar surface area (TPSA) is 97.4 Å². The van der Waals surface area contributed by atoms with E-state index in [1.807, 2.05) is 13.8 Å². The van der Waals surface area contributed by atoms with Crippen LogP contribution in [0.5, 0.6) is 5.75 Å². The number of alkyl halides is 3. The van der Waals surface area contributed by atoms with Crippen LogP contribution in [0.15, 0.2) is 18.2 Å². The first-order chi connectivity index (χ1) is 17.9. The van der Waals surface area contributed by atoms with Crippen LogP contribution in [0.2, 0.25) is 0 Å². The number of nitrogens with one attached hydrogen (secondary N) is 1. The molecule has 1 N–H and O–H groups in total. The molecule has 1 aromatic carbocycles. The number of carbonyl (C=O) groups excluding carboxylic acids is 3. The van der Waals surface area contributed by atoms with Gasteiger partial charge < -0.3 is 29.3 Å². The Labute approximate surface area is 220 Å². The van der Waals surface area contributed by atoms with Crippen molar-refractivity contribution >= 4 is 23.4 Å². The van der Waals surface area contributed by atoms with Crippen molar-refractivity contribution in [3.63, 3.8) is 0 Å². The SMILES string of the molecule is CO[C@H]1CN(C)C(=O)c2ccc(NC(=O)CC(F)(F)F)cc2OC[C@H](C)N(C(=O)C2CCOCC2)C[C@@H]1C. The highest BCUT2D eigenvalue weighted by Gasteiger charge is 2.34. The minimum absolute atomic E-state index is 0.000909. The van der Waals surface area contributed by atoms with Crippen molar-refractivity contribution in [3.05, 3.63) is 23.8 Å². The lowest BCUT2D eigenvalue weighted by molar-refractivity contribution is -0.150. The van der Waals surface area contributed by atoms with Crippen LogP contribution in [0.1, 0.15) is 43.5 Å². The van der Waals surface area contributed by atoms with Gasteiger partial charge in [-0.25, -0.2) is 0 Å². The van der Waals surface area contributed by atoms with E-state index in [0.29, 0.717) is 32.6 Å². The number of fused-ring (bicyclic) bond motifs is 1. The van der Waals surface area contributed by atoms with Gasteiger partial charge in [-0.05, 0) is 31.9 Å². The van der Waals surface area contributed by atoms with Crippen molar-refractivity contribution in [3.8, 4) is 5.75 Å². The fraction of sp³-hybridized carbons (Fsp3) is 0.654. The number of benzene rings is 1. The fourth-order valence-electron chi connectivity index (χ4n) is 4.72. The Morgan fingerprint density at radius 3 is 2.47 bits per heavy atom. The minimum atomic E-state index is -4.65. The second-order valence-electron chi connectivity index (χ2n) is 10.0. The lowest BCUT2D eigenvalue weighted by Crippen LogP contribution is -2.50. The number of nitrogens with zero attached hydrogens (tertiary/aromatic N) is 2. The van der Waals surface area contributed by atoms with Gasteiger partial charge in [0.1, 0.15) is 18.8 Å². The Kier molecular flexibility index (Phi) is 10.00. The maximum absolute atomic E-state index is 13.5. The Morgan fingerprint density at radius 2 is 1.84 bits per heavy atom. The molecular formula is C26H36F3N3O6. The quantitative estimate of drug-likeness (QED) is 0.626. The van der Waals surface area contributed by atoms with Crippen molar-refractivity contribution in [1.29, 1.82) is 0 Å². The molecular weight excluding hydrogens is 507 g/mol. The number of amides is 3. The van der Waals surface area contributed by atoms with E-state index >= 15 is 0 Å². The van der Waals surface area contributed by atoms with Gasteiger partial charge in [0, 0.05) is 64.1 Å². The lowest BCUT2D eigenvalue weighted by Gasteiger charge is -2.38. The van der Waals surface area contributed by atoms with Gasteiger partial charge in [-0.3, -0.25) is 14.4 Å². The van der Waals surface area contributed by atoms with E-state index in [1.165, 1.54) is 23.1 Å². The monoisotopic (exact) mass is 543 g/mol. The minimum Gasteiger partial charge on any atom is -0.491 e. The Morgan fingerprint density at radius 1 is 1.16 bits per heavy atom. The third-order valence-electron chi connectivity index (χ3n) is 6.95. The van der Waals surface area contributed by atoms with Crippen molar-refractivity contribution in [2.75, 3.05) is 52.4 Å². The molecule has 9 nitrogen and oxygen atoms in total. The Hall–Kier alpha value is -2.86. The largest absolute Gasteiger partial charge is 0.491 e. The maximum atomic E-state index is 13.5. The van der Waals surface area contributed by atoms with Crippen LogP contribution in [-0.2, 0) is 19.1 Å². The number of methoxy groups -OCH3 is 1. The van der Waals surface area contributed by atoms with E-state index < -0.39 is 18.5 Å². The summed E-state index contributed by atoms with van der Waals surface area (Å²) in [7, 11) is 3.18. The highest BCUT2D eigenvalue weighted by Crippen LogP contribution is 2.29. The first-order valence-corrected chi connectivity index (χ1v) is 12.7. The number of hydrogen-bond donors (Lipinski definition) is 1. The third-order valence-corrected chi connectivity index (χ3v) is 6.95. The molecule has 38 heavy (non-hydrogen) atoms. The normalized spacial score (nSPS) is 24.1. The molecule has 0 radical (unpaired) electrons. The molecule has 2 aliphatic heterocycles. The molecule has 2 heterocycles. The van der Waals surface area contributed by atoms with Gasteiger partial charge in [-0.15, -0.1) is 0 Å². The molecule has 0 saturated carbocycles. The molecule has 0 aliphatic carbocycles. The molecule has 212 valence electrons. The molecule has 3 amide bonds. The standard InChI is InChI=1S/C26H36F3N3O6/c1-16-13-32(24(34)18-7-9-37-10-8-18)17(2)15-38-21-11-19(30-23(33)12-26(27,28)29)5-6-20(21)25(35)31(3)14-22(16)36-4/h5-6,11,16-18,22H,7-10,12-15H2,1-4H3,(H,30,33)/t16-,17-,22-/m0/s1. The third kappa shape index (κ3) is 7.83. The average molecular weight is 544 g/mol. The van der Waals surface area contributed by atoms with Gasteiger partial charge in [-0.1, -0.05) is 6.92 Å². The summed E-state index contributed by atoms with van der Waals surface area (Å²) >= 11 is 0. The molecule has 3 rings (SSSR count). The Bertz CT molecular complexity index is 999. The second-order valence-corrected chi connectivity index (χ2v) is 10.0.